The molecule has 5 nitrogen and oxygen atoms in total. The molecule has 1 aromatic rings. The Morgan fingerprint density at radius 2 is 2.00 bits per heavy atom. The van der Waals surface area contributed by atoms with Gasteiger partial charge in [-0.25, -0.2) is 4.79 Å². The highest BCUT2D eigenvalue weighted by Crippen LogP contribution is 2.32. The third kappa shape index (κ3) is 3.99. The van der Waals surface area contributed by atoms with Crippen LogP contribution >= 0.6 is 0 Å². The number of esters is 1. The molecule has 0 spiro atoms. The Hall–Kier alpha value is -2.56. The van der Waals surface area contributed by atoms with Crippen LogP contribution in [0.4, 0.5) is 18.9 Å². The molecule has 0 aromatic heterocycles. The van der Waals surface area contributed by atoms with Crippen LogP contribution in [0.1, 0.15) is 11.1 Å². The first-order chi connectivity index (χ1) is 8.74. The molecule has 0 bridgehead atoms. The van der Waals surface area contributed by atoms with Crippen LogP contribution in [0.3, 0.4) is 0 Å². The van der Waals surface area contributed by atoms with Gasteiger partial charge in [0.15, 0.2) is 0 Å². The van der Waals surface area contributed by atoms with Gasteiger partial charge in [-0.05, 0) is 6.07 Å². The first kappa shape index (κ1) is 14.5. The summed E-state index contributed by atoms with van der Waals surface area (Å²) >= 11 is 0. The number of carbonyl (C=O) groups excluding carboxylic acids is 1. The van der Waals surface area contributed by atoms with E-state index in [0.717, 1.165) is 13.2 Å². The fraction of sp³-hybridized carbons (Fsp3) is 0.182. The molecule has 0 aliphatic carbocycles. The van der Waals surface area contributed by atoms with Gasteiger partial charge in [0.1, 0.15) is 0 Å². The number of nitro benzene ring substituents is 1. The van der Waals surface area contributed by atoms with Gasteiger partial charge in [-0.2, -0.15) is 13.2 Å². The molecular weight excluding hydrogens is 267 g/mol. The molecule has 0 fully saturated rings. The second-order valence-electron chi connectivity index (χ2n) is 3.27. The first-order valence-corrected chi connectivity index (χ1v) is 4.70. The highest BCUT2D eigenvalue weighted by Gasteiger charge is 2.32. The molecule has 0 saturated carbocycles. The SMILES string of the molecule is COC(=O)C#Cc1cc([N+](=O)[O-])cc(C(F)(F)F)c1. The summed E-state index contributed by atoms with van der Waals surface area (Å²) in [5, 5.41) is 10.5. The fourth-order valence-electron chi connectivity index (χ4n) is 1.13. The minimum Gasteiger partial charge on any atom is -0.459 e. The molecule has 8 heteroatoms. The summed E-state index contributed by atoms with van der Waals surface area (Å²) in [5.74, 6) is 3.01. The van der Waals surface area contributed by atoms with Crippen molar-refractivity contribution in [3.8, 4) is 11.8 Å². The number of ether oxygens (including phenoxy) is 1. The lowest BCUT2D eigenvalue weighted by Gasteiger charge is -2.06. The van der Waals surface area contributed by atoms with Gasteiger partial charge in [-0.15, -0.1) is 0 Å². The van der Waals surface area contributed by atoms with Gasteiger partial charge in [0.2, 0.25) is 0 Å². The van der Waals surface area contributed by atoms with Gasteiger partial charge in [-0.1, -0.05) is 5.92 Å². The van der Waals surface area contributed by atoms with Crippen LogP contribution < -0.4 is 0 Å². The van der Waals surface area contributed by atoms with Crippen LogP contribution in [-0.2, 0) is 15.7 Å². The number of methoxy groups -OCH3 is 1. The Morgan fingerprint density at radius 3 is 2.47 bits per heavy atom. The fourth-order valence-corrected chi connectivity index (χ4v) is 1.13. The van der Waals surface area contributed by atoms with Crippen LogP contribution in [0.15, 0.2) is 18.2 Å². The molecule has 0 atom stereocenters. The molecule has 0 radical (unpaired) electrons. The van der Waals surface area contributed by atoms with E-state index < -0.39 is 28.3 Å². The third-order valence-corrected chi connectivity index (χ3v) is 1.95. The Labute approximate surface area is 105 Å². The number of hydrogen-bond donors (Lipinski definition) is 0. The van der Waals surface area contributed by atoms with Crippen LogP contribution in [0, 0.1) is 22.0 Å². The molecule has 0 aliphatic rings. The van der Waals surface area contributed by atoms with Gasteiger partial charge in [0.05, 0.1) is 17.6 Å². The van der Waals surface area contributed by atoms with E-state index in [9.17, 15) is 28.1 Å². The van der Waals surface area contributed by atoms with Crippen molar-refractivity contribution >= 4 is 11.7 Å². The average molecular weight is 273 g/mol. The van der Waals surface area contributed by atoms with Crippen LogP contribution in [0.2, 0.25) is 0 Å². The van der Waals surface area contributed by atoms with E-state index in [0.29, 0.717) is 12.1 Å². The van der Waals surface area contributed by atoms with E-state index in [2.05, 4.69) is 10.7 Å². The molecule has 0 unspecified atom stereocenters. The van der Waals surface area contributed by atoms with Gasteiger partial charge < -0.3 is 4.74 Å². The highest BCUT2D eigenvalue weighted by molar-refractivity contribution is 5.89. The van der Waals surface area contributed by atoms with E-state index >= 15 is 0 Å². The van der Waals surface area contributed by atoms with Crippen LogP contribution in [0.5, 0.6) is 0 Å². The van der Waals surface area contributed by atoms with E-state index in [1.807, 2.05) is 5.92 Å². The standard InChI is InChI=1S/C11H6F3NO4/c1-19-10(16)3-2-7-4-8(11(12,13)14)6-9(5-7)15(17)18/h4-6H,1H3. The normalized spacial score (nSPS) is 10.3. The summed E-state index contributed by atoms with van der Waals surface area (Å²) in [5.41, 5.74) is -2.27. The van der Waals surface area contributed by atoms with Crippen molar-refractivity contribution in [3.05, 3.63) is 39.4 Å². The quantitative estimate of drug-likeness (QED) is 0.340. The van der Waals surface area contributed by atoms with Gasteiger partial charge in [0, 0.05) is 23.6 Å². The number of benzene rings is 1. The number of hydrogen-bond acceptors (Lipinski definition) is 4. The Balaban J connectivity index is 3.31. The number of rotatable bonds is 1. The Kier molecular flexibility index (Phi) is 4.11. The van der Waals surface area contributed by atoms with Crippen molar-refractivity contribution in [2.24, 2.45) is 0 Å². The summed E-state index contributed by atoms with van der Waals surface area (Å²) in [6.45, 7) is 0. The van der Waals surface area contributed by atoms with Gasteiger partial charge in [0.25, 0.3) is 5.69 Å². The first-order valence-electron chi connectivity index (χ1n) is 4.70. The lowest BCUT2D eigenvalue weighted by atomic mass is 10.1. The van der Waals surface area contributed by atoms with E-state index in [4.69, 9.17) is 0 Å². The summed E-state index contributed by atoms with van der Waals surface area (Å²) in [6, 6.07) is 1.84. The molecule has 1 rings (SSSR count). The van der Waals surface area contributed by atoms with Gasteiger partial charge in [-0.3, -0.25) is 10.1 Å². The molecule has 1 aromatic carbocycles. The van der Waals surface area contributed by atoms with Crippen molar-refractivity contribution in [1.29, 1.82) is 0 Å². The number of non-ortho nitro benzene ring substituents is 1. The molecule has 0 aliphatic heterocycles. The predicted molar refractivity (Wildman–Crippen MR) is 57.0 cm³/mol. The number of nitro groups is 1. The number of carbonyl (C=O) groups is 1. The molecule has 0 heterocycles. The van der Waals surface area contributed by atoms with Crippen molar-refractivity contribution < 1.29 is 27.6 Å². The van der Waals surface area contributed by atoms with Crippen molar-refractivity contribution in [1.82, 2.24) is 0 Å². The lowest BCUT2D eigenvalue weighted by Crippen LogP contribution is -2.06. The minimum atomic E-state index is -4.74. The summed E-state index contributed by atoms with van der Waals surface area (Å²) < 4.78 is 41.7. The number of halogens is 3. The molecular formula is C11H6F3NO4. The summed E-state index contributed by atoms with van der Waals surface area (Å²) in [4.78, 5) is 20.3. The maximum absolute atomic E-state index is 12.5. The largest absolute Gasteiger partial charge is 0.459 e. The second-order valence-corrected chi connectivity index (χ2v) is 3.27. The summed E-state index contributed by atoms with van der Waals surface area (Å²) in [7, 11) is 1.05. The highest BCUT2D eigenvalue weighted by atomic mass is 19.4. The topological polar surface area (TPSA) is 69.4 Å². The minimum absolute atomic E-state index is 0.299. The molecule has 19 heavy (non-hydrogen) atoms. The smallest absolute Gasteiger partial charge is 0.416 e. The van der Waals surface area contributed by atoms with E-state index in [1.165, 1.54) is 0 Å². The summed E-state index contributed by atoms with van der Waals surface area (Å²) in [6.07, 6.45) is -4.74. The molecule has 100 valence electrons. The predicted octanol–water partition coefficient (Wildman–Crippen LogP) is 2.14. The maximum atomic E-state index is 12.5. The van der Waals surface area contributed by atoms with Crippen molar-refractivity contribution in [2.45, 2.75) is 6.18 Å². The Bertz CT molecular complexity index is 584. The van der Waals surface area contributed by atoms with Crippen molar-refractivity contribution in [3.63, 3.8) is 0 Å². The zero-order valence-corrected chi connectivity index (χ0v) is 9.45. The lowest BCUT2D eigenvalue weighted by molar-refractivity contribution is -0.385. The zero-order chi connectivity index (χ0) is 14.6. The second kappa shape index (κ2) is 5.39. The number of alkyl halides is 3. The van der Waals surface area contributed by atoms with E-state index in [-0.39, 0.29) is 5.56 Å². The maximum Gasteiger partial charge on any atom is 0.416 e. The zero-order valence-electron chi connectivity index (χ0n) is 9.45. The molecule has 0 amide bonds. The average Bonchev–Trinajstić information content (AvgIpc) is 2.34. The van der Waals surface area contributed by atoms with Crippen molar-refractivity contribution in [2.75, 3.05) is 7.11 Å². The van der Waals surface area contributed by atoms with Crippen LogP contribution in [-0.4, -0.2) is 18.0 Å². The van der Waals surface area contributed by atoms with Gasteiger partial charge >= 0.3 is 12.1 Å². The van der Waals surface area contributed by atoms with Crippen LogP contribution in [0.25, 0.3) is 0 Å². The Morgan fingerprint density at radius 1 is 1.37 bits per heavy atom. The third-order valence-electron chi connectivity index (χ3n) is 1.95. The van der Waals surface area contributed by atoms with E-state index in [1.54, 1.807) is 0 Å². The monoisotopic (exact) mass is 273 g/mol. The number of nitrogens with zero attached hydrogens (tertiary/aromatic N) is 1. The molecule has 0 saturated heterocycles. The molecule has 0 N–H and O–H groups in total.